The van der Waals surface area contributed by atoms with Gasteiger partial charge in [-0.1, -0.05) is 13.8 Å². The van der Waals surface area contributed by atoms with E-state index in [0.29, 0.717) is 12.3 Å². The van der Waals surface area contributed by atoms with Crippen LogP contribution in [0.1, 0.15) is 33.1 Å². The molecule has 1 aliphatic carbocycles. The fourth-order valence-corrected chi connectivity index (χ4v) is 2.20. The van der Waals surface area contributed by atoms with Crippen LogP contribution in [0.15, 0.2) is 11.3 Å². The third-order valence-electron chi connectivity index (χ3n) is 3.10. The summed E-state index contributed by atoms with van der Waals surface area (Å²) in [7, 11) is 0. The third-order valence-corrected chi connectivity index (χ3v) is 3.10. The van der Waals surface area contributed by atoms with Crippen molar-refractivity contribution in [3.8, 4) is 0 Å². The van der Waals surface area contributed by atoms with E-state index in [1.807, 2.05) is 6.92 Å². The first kappa shape index (κ1) is 9.04. The van der Waals surface area contributed by atoms with Crippen molar-refractivity contribution in [2.75, 3.05) is 6.61 Å². The van der Waals surface area contributed by atoms with Gasteiger partial charge in [0, 0.05) is 12.8 Å². The Balaban J connectivity index is 2.14. The molecule has 2 aliphatic rings. The van der Waals surface area contributed by atoms with Crippen LogP contribution in [0, 0.1) is 11.8 Å². The van der Waals surface area contributed by atoms with Gasteiger partial charge in [0.15, 0.2) is 0 Å². The zero-order valence-electron chi connectivity index (χ0n) is 8.35. The molecule has 1 aliphatic heterocycles. The summed E-state index contributed by atoms with van der Waals surface area (Å²) in [5.74, 6) is 1.81. The van der Waals surface area contributed by atoms with Crippen molar-refractivity contribution in [1.29, 1.82) is 0 Å². The zero-order chi connectivity index (χ0) is 9.42. The normalized spacial score (nSPS) is 39.8. The molecule has 0 aromatic carbocycles. The Hall–Kier alpha value is -0.530. The number of alkyl halides is 1. The fraction of sp³-hybridized carbons (Fsp3) is 0.818. The van der Waals surface area contributed by atoms with E-state index in [2.05, 4.69) is 6.92 Å². The van der Waals surface area contributed by atoms with Gasteiger partial charge >= 0.3 is 0 Å². The van der Waals surface area contributed by atoms with E-state index in [9.17, 15) is 4.39 Å². The molecule has 0 N–H and O–H groups in total. The number of rotatable bonds is 0. The lowest BCUT2D eigenvalue weighted by atomic mass is 9.83. The minimum atomic E-state index is -0.646. The quantitative estimate of drug-likeness (QED) is 0.562. The molecule has 0 fully saturated rings. The Morgan fingerprint density at radius 1 is 1.23 bits per heavy atom. The van der Waals surface area contributed by atoms with Crippen molar-refractivity contribution in [1.82, 2.24) is 0 Å². The van der Waals surface area contributed by atoms with Gasteiger partial charge in [0.2, 0.25) is 0 Å². The maximum Gasteiger partial charge on any atom is 0.107 e. The highest BCUT2D eigenvalue weighted by Crippen LogP contribution is 2.37. The largest absolute Gasteiger partial charge is 0.498 e. The molecule has 0 aromatic rings. The molecular formula is C11H17FO. The van der Waals surface area contributed by atoms with Gasteiger partial charge < -0.3 is 4.74 Å². The molecule has 0 amide bonds. The molecule has 1 unspecified atom stereocenters. The number of ether oxygens (including phenoxy) is 1. The molecule has 1 nitrogen and oxygen atoms in total. The summed E-state index contributed by atoms with van der Waals surface area (Å²) in [4.78, 5) is 0. The van der Waals surface area contributed by atoms with E-state index in [4.69, 9.17) is 4.74 Å². The van der Waals surface area contributed by atoms with Crippen LogP contribution in [-0.4, -0.2) is 12.8 Å². The lowest BCUT2D eigenvalue weighted by molar-refractivity contribution is 0.0985. The summed E-state index contributed by atoms with van der Waals surface area (Å²) in [6.45, 7) is 4.95. The second-order valence-corrected chi connectivity index (χ2v) is 4.55. The smallest absolute Gasteiger partial charge is 0.107 e. The molecule has 0 aromatic heterocycles. The zero-order valence-corrected chi connectivity index (χ0v) is 8.35. The van der Waals surface area contributed by atoms with Gasteiger partial charge in [-0.15, -0.1) is 0 Å². The first-order chi connectivity index (χ1) is 6.16. The van der Waals surface area contributed by atoms with Gasteiger partial charge in [0.25, 0.3) is 0 Å². The molecule has 0 saturated carbocycles. The van der Waals surface area contributed by atoms with Crippen molar-refractivity contribution in [2.45, 2.75) is 39.3 Å². The molecule has 3 atom stereocenters. The van der Waals surface area contributed by atoms with Gasteiger partial charge in [0.05, 0.1) is 12.4 Å². The molecule has 0 radical (unpaired) electrons. The molecular weight excluding hydrogens is 167 g/mol. The van der Waals surface area contributed by atoms with Gasteiger partial charge in [0.1, 0.15) is 6.17 Å². The van der Waals surface area contributed by atoms with Crippen molar-refractivity contribution < 1.29 is 9.13 Å². The Kier molecular flexibility index (Phi) is 2.31. The van der Waals surface area contributed by atoms with E-state index in [1.165, 1.54) is 5.57 Å². The average molecular weight is 184 g/mol. The van der Waals surface area contributed by atoms with Gasteiger partial charge in [-0.25, -0.2) is 4.39 Å². The van der Waals surface area contributed by atoms with Crippen molar-refractivity contribution in [2.24, 2.45) is 11.8 Å². The Bertz CT molecular complexity index is 234. The predicted octanol–water partition coefficient (Wildman–Crippen LogP) is 3.06. The van der Waals surface area contributed by atoms with Crippen LogP contribution < -0.4 is 0 Å². The molecule has 74 valence electrons. The highest BCUT2D eigenvalue weighted by Gasteiger charge is 2.31. The standard InChI is InChI=1S/C11H17FO/c1-7-3-9-5-10(12)8(2)4-11(9)13-6-7/h7-8,10H,3-6H2,1-2H3/t7?,8-,10+/m1/s1. The summed E-state index contributed by atoms with van der Waals surface area (Å²) in [5, 5.41) is 0. The van der Waals surface area contributed by atoms with Gasteiger partial charge in [-0.2, -0.15) is 0 Å². The summed E-state index contributed by atoms with van der Waals surface area (Å²) >= 11 is 0. The first-order valence-corrected chi connectivity index (χ1v) is 5.14. The highest BCUT2D eigenvalue weighted by molar-refractivity contribution is 5.17. The lowest BCUT2D eigenvalue weighted by Crippen LogP contribution is -2.26. The SMILES string of the molecule is CC1COC2=C(C1)C[C@H](F)[C@H](C)C2. The number of halogens is 1. The number of allylic oxidation sites excluding steroid dienone is 2. The maximum absolute atomic E-state index is 13.4. The van der Waals surface area contributed by atoms with E-state index < -0.39 is 6.17 Å². The lowest BCUT2D eigenvalue weighted by Gasteiger charge is -2.33. The Labute approximate surface area is 79.0 Å². The predicted molar refractivity (Wildman–Crippen MR) is 50.1 cm³/mol. The molecule has 0 saturated heterocycles. The van der Waals surface area contributed by atoms with Gasteiger partial charge in [-0.3, -0.25) is 0 Å². The van der Waals surface area contributed by atoms with E-state index >= 15 is 0 Å². The van der Waals surface area contributed by atoms with Crippen LogP contribution >= 0.6 is 0 Å². The molecule has 13 heavy (non-hydrogen) atoms. The second-order valence-electron chi connectivity index (χ2n) is 4.55. The van der Waals surface area contributed by atoms with Crippen LogP contribution in [0.4, 0.5) is 4.39 Å². The van der Waals surface area contributed by atoms with Crippen LogP contribution in [-0.2, 0) is 4.74 Å². The Morgan fingerprint density at radius 3 is 2.77 bits per heavy atom. The Morgan fingerprint density at radius 2 is 2.00 bits per heavy atom. The van der Waals surface area contributed by atoms with E-state index in [1.54, 1.807) is 0 Å². The number of hydrogen-bond donors (Lipinski definition) is 0. The van der Waals surface area contributed by atoms with Crippen molar-refractivity contribution >= 4 is 0 Å². The highest BCUT2D eigenvalue weighted by atomic mass is 19.1. The van der Waals surface area contributed by atoms with Crippen LogP contribution in [0.2, 0.25) is 0 Å². The van der Waals surface area contributed by atoms with Crippen LogP contribution in [0.25, 0.3) is 0 Å². The minimum absolute atomic E-state index is 0.146. The van der Waals surface area contributed by atoms with Crippen LogP contribution in [0.5, 0.6) is 0 Å². The monoisotopic (exact) mass is 184 g/mol. The fourth-order valence-electron chi connectivity index (χ4n) is 2.20. The summed E-state index contributed by atoms with van der Waals surface area (Å²) < 4.78 is 19.0. The van der Waals surface area contributed by atoms with E-state index in [0.717, 1.165) is 25.2 Å². The second kappa shape index (κ2) is 3.32. The van der Waals surface area contributed by atoms with Crippen molar-refractivity contribution in [3.05, 3.63) is 11.3 Å². The summed E-state index contributed by atoms with van der Waals surface area (Å²) in [6.07, 6.45) is 1.82. The van der Waals surface area contributed by atoms with E-state index in [-0.39, 0.29) is 5.92 Å². The van der Waals surface area contributed by atoms with Crippen LogP contribution in [0.3, 0.4) is 0 Å². The minimum Gasteiger partial charge on any atom is -0.498 e. The number of hydrogen-bond acceptors (Lipinski definition) is 1. The summed E-state index contributed by atoms with van der Waals surface area (Å²) in [5.41, 5.74) is 1.24. The maximum atomic E-state index is 13.4. The van der Waals surface area contributed by atoms with Crippen molar-refractivity contribution in [3.63, 3.8) is 0 Å². The molecule has 0 bridgehead atoms. The molecule has 1 heterocycles. The summed E-state index contributed by atoms with van der Waals surface area (Å²) in [6, 6.07) is 0. The molecule has 2 heteroatoms. The topological polar surface area (TPSA) is 9.23 Å². The average Bonchev–Trinajstić information content (AvgIpc) is 2.08. The molecule has 0 spiro atoms. The van der Waals surface area contributed by atoms with Gasteiger partial charge in [-0.05, 0) is 23.8 Å². The first-order valence-electron chi connectivity index (χ1n) is 5.14. The molecule has 2 rings (SSSR count). The third kappa shape index (κ3) is 1.72.